The summed E-state index contributed by atoms with van der Waals surface area (Å²) in [6.45, 7) is 14.8. The molecule has 0 aromatic carbocycles. The molecule has 0 aliphatic rings. The SMILES string of the molecule is CC.CC(C)(CN)COCC(C)(C)CBr. The van der Waals surface area contributed by atoms with E-state index in [-0.39, 0.29) is 10.8 Å². The number of rotatable bonds is 6. The quantitative estimate of drug-likeness (QED) is 0.757. The Labute approximate surface area is 104 Å². The molecule has 0 amide bonds. The molecule has 0 unspecified atom stereocenters. The second-order valence-electron chi connectivity index (χ2n) is 5.16. The van der Waals surface area contributed by atoms with Gasteiger partial charge in [-0.1, -0.05) is 57.5 Å². The molecule has 0 aromatic heterocycles. The van der Waals surface area contributed by atoms with Crippen LogP contribution in [0, 0.1) is 10.8 Å². The Hall–Kier alpha value is 0.400. The molecule has 0 bridgehead atoms. The molecule has 0 heterocycles. The fraction of sp³-hybridized carbons (Fsp3) is 1.00. The lowest BCUT2D eigenvalue weighted by Crippen LogP contribution is -2.31. The van der Waals surface area contributed by atoms with E-state index in [0.29, 0.717) is 6.54 Å². The molecule has 0 saturated heterocycles. The maximum Gasteiger partial charge on any atom is 0.0529 e. The van der Waals surface area contributed by atoms with Crippen LogP contribution in [0.3, 0.4) is 0 Å². The number of hydrogen-bond acceptors (Lipinski definition) is 2. The molecule has 94 valence electrons. The normalized spacial score (nSPS) is 12.0. The van der Waals surface area contributed by atoms with E-state index in [0.717, 1.165) is 18.5 Å². The second kappa shape index (κ2) is 8.54. The van der Waals surface area contributed by atoms with Gasteiger partial charge in [0.1, 0.15) is 0 Å². The molecule has 0 aliphatic heterocycles. The van der Waals surface area contributed by atoms with Gasteiger partial charge in [0.2, 0.25) is 0 Å². The van der Waals surface area contributed by atoms with E-state index in [2.05, 4.69) is 43.6 Å². The molecule has 0 saturated carbocycles. The third-order valence-corrected chi connectivity index (χ3v) is 3.42. The highest BCUT2D eigenvalue weighted by Gasteiger charge is 2.20. The molecule has 2 N–H and O–H groups in total. The van der Waals surface area contributed by atoms with Crippen molar-refractivity contribution < 1.29 is 4.74 Å². The molecule has 0 rings (SSSR count). The highest BCUT2D eigenvalue weighted by Crippen LogP contribution is 2.20. The van der Waals surface area contributed by atoms with Gasteiger partial charge in [-0.05, 0) is 12.0 Å². The number of hydrogen-bond donors (Lipinski definition) is 1. The summed E-state index contributed by atoms with van der Waals surface area (Å²) in [5.74, 6) is 0. The van der Waals surface area contributed by atoms with E-state index in [1.165, 1.54) is 0 Å². The zero-order chi connectivity index (χ0) is 12.5. The van der Waals surface area contributed by atoms with Crippen molar-refractivity contribution in [2.45, 2.75) is 41.5 Å². The summed E-state index contributed by atoms with van der Waals surface area (Å²) in [5, 5.41) is 0.961. The Bertz CT molecular complexity index is 131. The Balaban J connectivity index is 0. The van der Waals surface area contributed by atoms with Gasteiger partial charge in [0.25, 0.3) is 0 Å². The van der Waals surface area contributed by atoms with Crippen molar-refractivity contribution in [3.05, 3.63) is 0 Å². The van der Waals surface area contributed by atoms with Crippen LogP contribution in [-0.2, 0) is 4.74 Å². The van der Waals surface area contributed by atoms with Crippen LogP contribution in [0.1, 0.15) is 41.5 Å². The van der Waals surface area contributed by atoms with Gasteiger partial charge in [0, 0.05) is 10.7 Å². The van der Waals surface area contributed by atoms with Crippen molar-refractivity contribution in [2.24, 2.45) is 16.6 Å². The van der Waals surface area contributed by atoms with Gasteiger partial charge in [-0.3, -0.25) is 0 Å². The van der Waals surface area contributed by atoms with Crippen LogP contribution in [0.25, 0.3) is 0 Å². The average molecular weight is 282 g/mol. The monoisotopic (exact) mass is 281 g/mol. The molecule has 0 aliphatic carbocycles. The molecule has 15 heavy (non-hydrogen) atoms. The molecule has 0 spiro atoms. The fourth-order valence-corrected chi connectivity index (χ4v) is 0.863. The summed E-state index contributed by atoms with van der Waals surface area (Å²) in [6.07, 6.45) is 0. The molecule has 0 atom stereocenters. The average Bonchev–Trinajstić information content (AvgIpc) is 2.20. The minimum Gasteiger partial charge on any atom is -0.380 e. The van der Waals surface area contributed by atoms with Gasteiger partial charge in [-0.2, -0.15) is 0 Å². The standard InChI is InChI=1S/C10H22BrNO.C2H6/c1-9(2,5-11)7-13-8-10(3,4)6-12;1-2/h5-8,12H2,1-4H3;1-2H3. The van der Waals surface area contributed by atoms with Gasteiger partial charge in [-0.25, -0.2) is 0 Å². The number of nitrogens with two attached hydrogens (primary N) is 1. The van der Waals surface area contributed by atoms with Gasteiger partial charge >= 0.3 is 0 Å². The van der Waals surface area contributed by atoms with Crippen LogP contribution in [0.4, 0.5) is 0 Å². The van der Waals surface area contributed by atoms with E-state index in [1.54, 1.807) is 0 Å². The molecule has 0 aromatic rings. The van der Waals surface area contributed by atoms with Crippen LogP contribution < -0.4 is 5.73 Å². The summed E-state index contributed by atoms with van der Waals surface area (Å²) in [4.78, 5) is 0. The minimum absolute atomic E-state index is 0.0996. The van der Waals surface area contributed by atoms with Crippen molar-refractivity contribution in [1.29, 1.82) is 0 Å². The van der Waals surface area contributed by atoms with Crippen molar-refractivity contribution >= 4 is 15.9 Å². The number of alkyl halides is 1. The Morgan fingerprint density at radius 3 is 1.73 bits per heavy atom. The van der Waals surface area contributed by atoms with Gasteiger partial charge in [0.05, 0.1) is 13.2 Å². The smallest absolute Gasteiger partial charge is 0.0529 e. The third-order valence-electron chi connectivity index (χ3n) is 1.90. The van der Waals surface area contributed by atoms with E-state index in [1.807, 2.05) is 13.8 Å². The van der Waals surface area contributed by atoms with Gasteiger partial charge < -0.3 is 10.5 Å². The zero-order valence-electron chi connectivity index (χ0n) is 11.2. The number of halogens is 1. The maximum atomic E-state index is 5.64. The first-order valence-electron chi connectivity index (χ1n) is 5.67. The molecule has 0 radical (unpaired) electrons. The van der Waals surface area contributed by atoms with E-state index < -0.39 is 0 Å². The van der Waals surface area contributed by atoms with Gasteiger partial charge in [0.15, 0.2) is 0 Å². The maximum absolute atomic E-state index is 5.64. The van der Waals surface area contributed by atoms with Crippen molar-refractivity contribution in [3.63, 3.8) is 0 Å². The van der Waals surface area contributed by atoms with E-state index in [9.17, 15) is 0 Å². The first-order chi connectivity index (χ1) is 6.83. The number of ether oxygens (including phenoxy) is 1. The second-order valence-corrected chi connectivity index (χ2v) is 5.72. The lowest BCUT2D eigenvalue weighted by molar-refractivity contribution is 0.0260. The molecular formula is C12H28BrNO. The lowest BCUT2D eigenvalue weighted by Gasteiger charge is -2.26. The summed E-state index contributed by atoms with van der Waals surface area (Å²) in [5.41, 5.74) is 5.91. The van der Waals surface area contributed by atoms with Crippen molar-refractivity contribution in [2.75, 3.05) is 25.1 Å². The summed E-state index contributed by atoms with van der Waals surface area (Å²) in [7, 11) is 0. The molecule has 3 heteroatoms. The first kappa shape index (κ1) is 17.8. The molecular weight excluding hydrogens is 254 g/mol. The third kappa shape index (κ3) is 10.7. The molecule has 2 nitrogen and oxygen atoms in total. The first-order valence-corrected chi connectivity index (χ1v) is 6.79. The van der Waals surface area contributed by atoms with Crippen LogP contribution in [-0.4, -0.2) is 25.1 Å². The summed E-state index contributed by atoms with van der Waals surface area (Å²) >= 11 is 3.46. The van der Waals surface area contributed by atoms with E-state index >= 15 is 0 Å². The fourth-order valence-electron chi connectivity index (χ4n) is 0.701. The Morgan fingerprint density at radius 1 is 1.00 bits per heavy atom. The summed E-state index contributed by atoms with van der Waals surface area (Å²) in [6, 6.07) is 0. The topological polar surface area (TPSA) is 35.2 Å². The van der Waals surface area contributed by atoms with Gasteiger partial charge in [-0.15, -0.1) is 0 Å². The van der Waals surface area contributed by atoms with Crippen LogP contribution >= 0.6 is 15.9 Å². The van der Waals surface area contributed by atoms with Crippen molar-refractivity contribution in [1.82, 2.24) is 0 Å². The zero-order valence-corrected chi connectivity index (χ0v) is 12.8. The Kier molecular flexibility index (Phi) is 10.1. The minimum atomic E-state index is 0.0996. The largest absolute Gasteiger partial charge is 0.380 e. The lowest BCUT2D eigenvalue weighted by atomic mass is 9.94. The van der Waals surface area contributed by atoms with Crippen LogP contribution in [0.2, 0.25) is 0 Å². The Morgan fingerprint density at radius 2 is 1.40 bits per heavy atom. The predicted molar refractivity (Wildman–Crippen MR) is 72.6 cm³/mol. The van der Waals surface area contributed by atoms with Crippen molar-refractivity contribution in [3.8, 4) is 0 Å². The van der Waals surface area contributed by atoms with Crippen LogP contribution in [0.15, 0.2) is 0 Å². The van der Waals surface area contributed by atoms with Crippen LogP contribution in [0.5, 0.6) is 0 Å². The molecule has 0 fully saturated rings. The van der Waals surface area contributed by atoms with E-state index in [4.69, 9.17) is 10.5 Å². The summed E-state index contributed by atoms with van der Waals surface area (Å²) < 4.78 is 5.64. The predicted octanol–water partition coefficient (Wildman–Crippen LogP) is 3.44. The highest BCUT2D eigenvalue weighted by atomic mass is 79.9. The highest BCUT2D eigenvalue weighted by molar-refractivity contribution is 9.09.